The third-order valence-electron chi connectivity index (χ3n) is 3.34. The molecule has 3 N–H and O–H groups in total. The SMILES string of the molecule is CSc1ccc(C(C)NC(=O)Cc2ccc(N)cc2)cc1. The Morgan fingerprint density at radius 2 is 1.76 bits per heavy atom. The maximum Gasteiger partial charge on any atom is 0.224 e. The first kappa shape index (κ1) is 15.4. The Kier molecular flexibility index (Phi) is 5.28. The van der Waals surface area contributed by atoms with E-state index in [1.807, 2.05) is 37.4 Å². The average Bonchev–Trinajstić information content (AvgIpc) is 2.49. The maximum atomic E-state index is 12.1. The van der Waals surface area contributed by atoms with E-state index in [-0.39, 0.29) is 11.9 Å². The van der Waals surface area contributed by atoms with Gasteiger partial charge in [0.25, 0.3) is 0 Å². The lowest BCUT2D eigenvalue weighted by molar-refractivity contribution is -0.121. The van der Waals surface area contributed by atoms with E-state index in [4.69, 9.17) is 5.73 Å². The average molecular weight is 300 g/mol. The number of benzene rings is 2. The molecule has 0 aliphatic rings. The number of thioether (sulfide) groups is 1. The van der Waals surface area contributed by atoms with Crippen molar-refractivity contribution < 1.29 is 4.79 Å². The highest BCUT2D eigenvalue weighted by molar-refractivity contribution is 7.98. The van der Waals surface area contributed by atoms with E-state index in [9.17, 15) is 4.79 Å². The van der Waals surface area contributed by atoms with Gasteiger partial charge in [0.05, 0.1) is 12.5 Å². The molecular weight excluding hydrogens is 280 g/mol. The van der Waals surface area contributed by atoms with Gasteiger partial charge in [-0.2, -0.15) is 0 Å². The highest BCUT2D eigenvalue weighted by atomic mass is 32.2. The predicted octanol–water partition coefficient (Wildman–Crippen LogP) is 3.41. The minimum absolute atomic E-state index is 0.00203. The number of nitrogens with two attached hydrogens (primary N) is 1. The molecule has 1 unspecified atom stereocenters. The largest absolute Gasteiger partial charge is 0.399 e. The molecule has 0 radical (unpaired) electrons. The summed E-state index contributed by atoms with van der Waals surface area (Å²) >= 11 is 1.71. The van der Waals surface area contributed by atoms with Crippen molar-refractivity contribution in [3.63, 3.8) is 0 Å². The van der Waals surface area contributed by atoms with Gasteiger partial charge in [0.15, 0.2) is 0 Å². The van der Waals surface area contributed by atoms with Crippen molar-refractivity contribution in [3.8, 4) is 0 Å². The van der Waals surface area contributed by atoms with Gasteiger partial charge in [0.2, 0.25) is 5.91 Å². The fraction of sp³-hybridized carbons (Fsp3) is 0.235. The second kappa shape index (κ2) is 7.18. The number of nitrogen functional groups attached to an aromatic ring is 1. The van der Waals surface area contributed by atoms with Crippen molar-refractivity contribution in [2.24, 2.45) is 0 Å². The van der Waals surface area contributed by atoms with Gasteiger partial charge in [-0.05, 0) is 48.6 Å². The van der Waals surface area contributed by atoms with Crippen LogP contribution >= 0.6 is 11.8 Å². The molecule has 1 atom stereocenters. The van der Waals surface area contributed by atoms with Crippen LogP contribution in [0.2, 0.25) is 0 Å². The summed E-state index contributed by atoms with van der Waals surface area (Å²) in [5.74, 6) is 0.0150. The van der Waals surface area contributed by atoms with Crippen molar-refractivity contribution in [1.82, 2.24) is 5.32 Å². The summed E-state index contributed by atoms with van der Waals surface area (Å²) in [6.07, 6.45) is 2.42. The Labute approximate surface area is 129 Å². The van der Waals surface area contributed by atoms with Crippen LogP contribution < -0.4 is 11.1 Å². The minimum Gasteiger partial charge on any atom is -0.399 e. The fourth-order valence-corrected chi connectivity index (χ4v) is 2.50. The topological polar surface area (TPSA) is 55.1 Å². The summed E-state index contributed by atoms with van der Waals surface area (Å²) in [6, 6.07) is 15.6. The number of amides is 1. The second-order valence-corrected chi connectivity index (χ2v) is 5.86. The summed E-state index contributed by atoms with van der Waals surface area (Å²) in [5.41, 5.74) is 8.42. The fourth-order valence-electron chi connectivity index (χ4n) is 2.09. The molecule has 0 fully saturated rings. The van der Waals surface area contributed by atoms with Crippen LogP contribution in [-0.4, -0.2) is 12.2 Å². The highest BCUT2D eigenvalue weighted by Gasteiger charge is 2.10. The lowest BCUT2D eigenvalue weighted by Crippen LogP contribution is -2.28. The van der Waals surface area contributed by atoms with Gasteiger partial charge < -0.3 is 11.1 Å². The maximum absolute atomic E-state index is 12.1. The molecule has 0 aromatic heterocycles. The Morgan fingerprint density at radius 3 is 2.33 bits per heavy atom. The molecule has 4 heteroatoms. The molecule has 110 valence electrons. The van der Waals surface area contributed by atoms with Crippen LogP contribution in [-0.2, 0) is 11.2 Å². The molecule has 2 aromatic carbocycles. The summed E-state index contributed by atoms with van der Waals surface area (Å²) in [6.45, 7) is 2.00. The number of carbonyl (C=O) groups excluding carboxylic acids is 1. The van der Waals surface area contributed by atoms with E-state index >= 15 is 0 Å². The molecule has 0 saturated carbocycles. The van der Waals surface area contributed by atoms with Crippen LogP contribution in [0.25, 0.3) is 0 Å². The zero-order valence-corrected chi connectivity index (χ0v) is 13.1. The van der Waals surface area contributed by atoms with E-state index in [0.717, 1.165) is 11.1 Å². The third kappa shape index (κ3) is 4.53. The van der Waals surface area contributed by atoms with Crippen LogP contribution in [0.15, 0.2) is 53.4 Å². The quantitative estimate of drug-likeness (QED) is 0.657. The highest BCUT2D eigenvalue weighted by Crippen LogP contribution is 2.19. The molecule has 0 aliphatic carbocycles. The number of hydrogen-bond acceptors (Lipinski definition) is 3. The van der Waals surface area contributed by atoms with E-state index in [1.165, 1.54) is 4.90 Å². The molecular formula is C17H20N2OS. The second-order valence-electron chi connectivity index (χ2n) is 4.98. The van der Waals surface area contributed by atoms with E-state index < -0.39 is 0 Å². The van der Waals surface area contributed by atoms with Crippen molar-refractivity contribution in [3.05, 3.63) is 59.7 Å². The van der Waals surface area contributed by atoms with Crippen molar-refractivity contribution in [2.75, 3.05) is 12.0 Å². The Bertz CT molecular complexity index is 593. The van der Waals surface area contributed by atoms with Crippen LogP contribution in [0.4, 0.5) is 5.69 Å². The first-order valence-electron chi connectivity index (χ1n) is 6.86. The molecule has 2 aromatic rings. The van der Waals surface area contributed by atoms with E-state index in [0.29, 0.717) is 12.1 Å². The Morgan fingerprint density at radius 1 is 1.14 bits per heavy atom. The van der Waals surface area contributed by atoms with Crippen molar-refractivity contribution in [2.45, 2.75) is 24.3 Å². The van der Waals surface area contributed by atoms with E-state index in [2.05, 4.69) is 29.6 Å². The van der Waals surface area contributed by atoms with Gasteiger partial charge in [0, 0.05) is 10.6 Å². The van der Waals surface area contributed by atoms with Gasteiger partial charge in [0.1, 0.15) is 0 Å². The first-order chi connectivity index (χ1) is 10.1. The molecule has 0 saturated heterocycles. The minimum atomic E-state index is 0.00203. The normalized spacial score (nSPS) is 11.9. The van der Waals surface area contributed by atoms with Gasteiger partial charge in [-0.1, -0.05) is 24.3 Å². The van der Waals surface area contributed by atoms with Crippen LogP contribution in [0.1, 0.15) is 24.1 Å². The molecule has 21 heavy (non-hydrogen) atoms. The molecule has 1 amide bonds. The number of carbonyl (C=O) groups is 1. The number of hydrogen-bond donors (Lipinski definition) is 2. The summed E-state index contributed by atoms with van der Waals surface area (Å²) in [7, 11) is 0. The smallest absolute Gasteiger partial charge is 0.224 e. The number of nitrogens with one attached hydrogen (secondary N) is 1. The molecule has 3 nitrogen and oxygen atoms in total. The van der Waals surface area contributed by atoms with Crippen LogP contribution in [0.5, 0.6) is 0 Å². The molecule has 0 bridgehead atoms. The summed E-state index contributed by atoms with van der Waals surface area (Å²) in [4.78, 5) is 13.3. The lowest BCUT2D eigenvalue weighted by Gasteiger charge is -2.15. The number of anilines is 1. The predicted molar refractivity (Wildman–Crippen MR) is 89.3 cm³/mol. The van der Waals surface area contributed by atoms with E-state index in [1.54, 1.807) is 11.8 Å². The van der Waals surface area contributed by atoms with Crippen LogP contribution in [0.3, 0.4) is 0 Å². The standard InChI is InChI=1S/C17H20N2OS/c1-12(14-5-9-16(21-2)10-6-14)19-17(20)11-13-3-7-15(18)8-4-13/h3-10,12H,11,18H2,1-2H3,(H,19,20). The summed E-state index contributed by atoms with van der Waals surface area (Å²) < 4.78 is 0. The zero-order chi connectivity index (χ0) is 15.2. The van der Waals surface area contributed by atoms with Gasteiger partial charge >= 0.3 is 0 Å². The molecule has 0 heterocycles. The van der Waals surface area contributed by atoms with Crippen molar-refractivity contribution >= 4 is 23.4 Å². The Balaban J connectivity index is 1.93. The van der Waals surface area contributed by atoms with Gasteiger partial charge in [-0.3, -0.25) is 4.79 Å². The summed E-state index contributed by atoms with van der Waals surface area (Å²) in [5, 5.41) is 3.02. The Hall–Kier alpha value is -1.94. The van der Waals surface area contributed by atoms with Gasteiger partial charge in [-0.25, -0.2) is 0 Å². The first-order valence-corrected chi connectivity index (χ1v) is 8.08. The monoisotopic (exact) mass is 300 g/mol. The van der Waals surface area contributed by atoms with Crippen LogP contribution in [0, 0.1) is 0 Å². The molecule has 0 spiro atoms. The number of rotatable bonds is 5. The third-order valence-corrected chi connectivity index (χ3v) is 4.08. The lowest BCUT2D eigenvalue weighted by atomic mass is 10.1. The molecule has 2 rings (SSSR count). The zero-order valence-electron chi connectivity index (χ0n) is 12.3. The van der Waals surface area contributed by atoms with Gasteiger partial charge in [-0.15, -0.1) is 11.8 Å². The van der Waals surface area contributed by atoms with Crippen molar-refractivity contribution in [1.29, 1.82) is 0 Å². The molecule has 0 aliphatic heterocycles.